The number of aromatic nitrogens is 2. The minimum atomic E-state index is -4.44. The number of carbonyl (C=O) groups excluding carboxylic acids is 1. The molecule has 0 aliphatic rings. The van der Waals surface area contributed by atoms with Crippen molar-refractivity contribution in [3.63, 3.8) is 0 Å². The summed E-state index contributed by atoms with van der Waals surface area (Å²) >= 11 is 0. The van der Waals surface area contributed by atoms with Crippen LogP contribution >= 0.6 is 0 Å². The zero-order valence-corrected chi connectivity index (χ0v) is 16.3. The van der Waals surface area contributed by atoms with E-state index in [-0.39, 0.29) is 24.4 Å². The third-order valence-electron chi connectivity index (χ3n) is 4.65. The lowest BCUT2D eigenvalue weighted by Gasteiger charge is -2.13. The lowest BCUT2D eigenvalue weighted by molar-refractivity contribution is -0.138. The van der Waals surface area contributed by atoms with Gasteiger partial charge in [-0.25, -0.2) is 0 Å². The quantitative estimate of drug-likeness (QED) is 0.653. The van der Waals surface area contributed by atoms with Crippen molar-refractivity contribution in [1.29, 1.82) is 0 Å². The number of aryl methyl sites for hydroxylation is 3. The summed E-state index contributed by atoms with van der Waals surface area (Å²) in [5.74, 6) is -0.305. The van der Waals surface area contributed by atoms with Gasteiger partial charge in [-0.2, -0.15) is 18.3 Å². The summed E-state index contributed by atoms with van der Waals surface area (Å²) in [6.07, 6.45) is -1.97. The molecule has 29 heavy (non-hydrogen) atoms. The Morgan fingerprint density at radius 1 is 1.07 bits per heavy atom. The number of halogens is 3. The Hall–Kier alpha value is -3.09. The molecule has 1 amide bonds. The highest BCUT2D eigenvalue weighted by Crippen LogP contribution is 2.31. The predicted molar refractivity (Wildman–Crippen MR) is 105 cm³/mol. The van der Waals surface area contributed by atoms with Gasteiger partial charge in [0.15, 0.2) is 0 Å². The highest BCUT2D eigenvalue weighted by molar-refractivity contribution is 5.76. The molecular weight excluding hydrogens is 379 g/mol. The summed E-state index contributed by atoms with van der Waals surface area (Å²) in [6.45, 7) is 1.84. The van der Waals surface area contributed by atoms with Gasteiger partial charge in [-0.05, 0) is 30.5 Å². The maximum Gasteiger partial charge on any atom is 0.416 e. The number of rotatable bonds is 6. The van der Waals surface area contributed by atoms with E-state index in [9.17, 15) is 18.0 Å². The molecule has 0 fully saturated rings. The first kappa shape index (κ1) is 20.6. The van der Waals surface area contributed by atoms with Crippen molar-refractivity contribution in [2.75, 3.05) is 0 Å². The molecule has 0 saturated carbocycles. The summed E-state index contributed by atoms with van der Waals surface area (Å²) in [5.41, 5.74) is 3.16. The Kier molecular flexibility index (Phi) is 6.06. The van der Waals surface area contributed by atoms with Gasteiger partial charge in [0.1, 0.15) is 0 Å². The van der Waals surface area contributed by atoms with Crippen molar-refractivity contribution in [2.45, 2.75) is 32.5 Å². The van der Waals surface area contributed by atoms with Crippen LogP contribution in [0.4, 0.5) is 13.2 Å². The van der Waals surface area contributed by atoms with E-state index < -0.39 is 11.7 Å². The molecule has 7 heteroatoms. The van der Waals surface area contributed by atoms with Gasteiger partial charge in [0.2, 0.25) is 5.91 Å². The number of carbonyl (C=O) groups is 1. The van der Waals surface area contributed by atoms with Crippen LogP contribution in [0.3, 0.4) is 0 Å². The fourth-order valence-electron chi connectivity index (χ4n) is 3.16. The molecular formula is C22H22F3N3O. The van der Waals surface area contributed by atoms with Crippen LogP contribution in [0.15, 0.2) is 54.7 Å². The first-order chi connectivity index (χ1) is 13.7. The smallest absolute Gasteiger partial charge is 0.352 e. The number of nitrogens with zero attached hydrogens (tertiary/aromatic N) is 2. The summed E-state index contributed by atoms with van der Waals surface area (Å²) in [5, 5.41) is 7.07. The lowest BCUT2D eigenvalue weighted by atomic mass is 10.0. The maximum atomic E-state index is 13.1. The van der Waals surface area contributed by atoms with Gasteiger partial charge in [0.05, 0.1) is 11.3 Å². The molecule has 1 heterocycles. The maximum absolute atomic E-state index is 13.1. The number of alkyl halides is 3. The number of amides is 1. The molecule has 0 spiro atoms. The average Bonchev–Trinajstić information content (AvgIpc) is 3.05. The Morgan fingerprint density at radius 2 is 1.76 bits per heavy atom. The second kappa shape index (κ2) is 8.51. The lowest BCUT2D eigenvalue weighted by Crippen LogP contribution is -2.24. The van der Waals surface area contributed by atoms with Gasteiger partial charge in [-0.15, -0.1) is 0 Å². The molecule has 0 aliphatic heterocycles. The van der Waals surface area contributed by atoms with Crippen LogP contribution in [0.1, 0.15) is 28.7 Å². The standard InChI is InChI=1S/C22H22F3N3O/c1-15-7-9-16(10-8-15)21-18(14-28(2)27-21)11-12-20(29)26-13-17-5-3-4-6-19(17)22(23,24)25/h3-10,14H,11-13H2,1-2H3,(H,26,29). The summed E-state index contributed by atoms with van der Waals surface area (Å²) in [6, 6.07) is 13.2. The van der Waals surface area contributed by atoms with E-state index in [0.717, 1.165) is 28.5 Å². The molecule has 0 aliphatic carbocycles. The minimum absolute atomic E-state index is 0.0510. The predicted octanol–water partition coefficient (Wildman–Crippen LogP) is 4.66. The van der Waals surface area contributed by atoms with Crippen LogP contribution in [0.2, 0.25) is 0 Å². The second-order valence-corrected chi connectivity index (χ2v) is 6.97. The molecule has 1 aromatic heterocycles. The van der Waals surface area contributed by atoms with Crippen molar-refractivity contribution in [1.82, 2.24) is 15.1 Å². The van der Waals surface area contributed by atoms with Gasteiger partial charge in [-0.1, -0.05) is 48.0 Å². The minimum Gasteiger partial charge on any atom is -0.352 e. The van der Waals surface area contributed by atoms with Gasteiger partial charge in [-0.3, -0.25) is 9.48 Å². The van der Waals surface area contributed by atoms with Crippen molar-refractivity contribution < 1.29 is 18.0 Å². The molecule has 0 bridgehead atoms. The highest BCUT2D eigenvalue weighted by Gasteiger charge is 2.32. The average molecular weight is 401 g/mol. The van der Waals surface area contributed by atoms with Gasteiger partial charge in [0.25, 0.3) is 0 Å². The van der Waals surface area contributed by atoms with Crippen molar-refractivity contribution in [3.05, 3.63) is 77.0 Å². The fourth-order valence-corrected chi connectivity index (χ4v) is 3.16. The molecule has 0 unspecified atom stereocenters. The van der Waals surface area contributed by atoms with Crippen LogP contribution in [0, 0.1) is 6.92 Å². The zero-order valence-electron chi connectivity index (χ0n) is 16.3. The Morgan fingerprint density at radius 3 is 2.45 bits per heavy atom. The molecule has 1 N–H and O–H groups in total. The molecule has 0 saturated heterocycles. The van der Waals surface area contributed by atoms with E-state index in [4.69, 9.17) is 0 Å². The van der Waals surface area contributed by atoms with E-state index in [1.807, 2.05) is 44.4 Å². The first-order valence-corrected chi connectivity index (χ1v) is 9.25. The Bertz CT molecular complexity index is 991. The molecule has 152 valence electrons. The SMILES string of the molecule is Cc1ccc(-c2nn(C)cc2CCC(=O)NCc2ccccc2C(F)(F)F)cc1. The molecule has 2 aromatic carbocycles. The van der Waals surface area contributed by atoms with Crippen LogP contribution < -0.4 is 5.32 Å². The summed E-state index contributed by atoms with van der Waals surface area (Å²) in [7, 11) is 1.81. The number of benzene rings is 2. The second-order valence-electron chi connectivity index (χ2n) is 6.97. The first-order valence-electron chi connectivity index (χ1n) is 9.25. The zero-order chi connectivity index (χ0) is 21.0. The third kappa shape index (κ3) is 5.25. The van der Waals surface area contributed by atoms with E-state index in [1.54, 1.807) is 4.68 Å². The Labute approximate surface area is 167 Å². The summed E-state index contributed by atoms with van der Waals surface area (Å²) in [4.78, 5) is 12.2. The molecule has 4 nitrogen and oxygen atoms in total. The molecule has 0 atom stereocenters. The van der Waals surface area contributed by atoms with Crippen LogP contribution in [-0.2, 0) is 31.0 Å². The van der Waals surface area contributed by atoms with E-state index in [0.29, 0.717) is 6.42 Å². The Balaban J connectivity index is 1.63. The summed E-state index contributed by atoms with van der Waals surface area (Å²) < 4.78 is 40.9. The van der Waals surface area contributed by atoms with Gasteiger partial charge in [0, 0.05) is 31.8 Å². The highest BCUT2D eigenvalue weighted by atomic mass is 19.4. The largest absolute Gasteiger partial charge is 0.416 e. The van der Waals surface area contributed by atoms with Crippen LogP contribution in [0.5, 0.6) is 0 Å². The molecule has 3 aromatic rings. The van der Waals surface area contributed by atoms with Crippen LogP contribution in [0.25, 0.3) is 11.3 Å². The fraction of sp³-hybridized carbons (Fsp3) is 0.273. The monoisotopic (exact) mass is 401 g/mol. The van der Waals surface area contributed by atoms with Crippen molar-refractivity contribution in [3.8, 4) is 11.3 Å². The van der Waals surface area contributed by atoms with Gasteiger partial charge < -0.3 is 5.32 Å². The van der Waals surface area contributed by atoms with Crippen molar-refractivity contribution in [2.24, 2.45) is 7.05 Å². The van der Waals surface area contributed by atoms with E-state index in [2.05, 4.69) is 10.4 Å². The number of nitrogens with one attached hydrogen (secondary N) is 1. The molecule has 0 radical (unpaired) electrons. The van der Waals surface area contributed by atoms with E-state index >= 15 is 0 Å². The number of hydrogen-bond donors (Lipinski definition) is 1. The van der Waals surface area contributed by atoms with E-state index in [1.165, 1.54) is 18.2 Å². The normalized spacial score (nSPS) is 11.5. The topological polar surface area (TPSA) is 46.9 Å². The third-order valence-corrected chi connectivity index (χ3v) is 4.65. The number of hydrogen-bond acceptors (Lipinski definition) is 2. The molecule has 3 rings (SSSR count). The van der Waals surface area contributed by atoms with Crippen molar-refractivity contribution >= 4 is 5.91 Å². The van der Waals surface area contributed by atoms with Crippen LogP contribution in [-0.4, -0.2) is 15.7 Å². The van der Waals surface area contributed by atoms with Gasteiger partial charge >= 0.3 is 6.18 Å².